The minimum Gasteiger partial charge on any atom is -0.375 e. The molecule has 1 heterocycles. The zero-order chi connectivity index (χ0) is 13.1. The number of ether oxygens (including phenoxy) is 1. The number of morpholine rings is 1. The van der Waals surface area contributed by atoms with Crippen LogP contribution in [0.3, 0.4) is 0 Å². The molecule has 2 rings (SSSR count). The molecule has 1 unspecified atom stereocenters. The van der Waals surface area contributed by atoms with Gasteiger partial charge in [-0.2, -0.15) is 0 Å². The number of rotatable bonds is 3. The Bertz CT molecular complexity index is 431. The lowest BCUT2D eigenvalue weighted by molar-refractivity contribution is -0.0188. The lowest BCUT2D eigenvalue weighted by Crippen LogP contribution is -2.42. The van der Waals surface area contributed by atoms with E-state index in [4.69, 9.17) is 4.74 Å². The Balaban J connectivity index is 2.11. The number of alkyl halides is 1. The van der Waals surface area contributed by atoms with Gasteiger partial charge in [-0.25, -0.2) is 8.78 Å². The van der Waals surface area contributed by atoms with Crippen LogP contribution in [-0.4, -0.2) is 36.0 Å². The third kappa shape index (κ3) is 3.29. The van der Waals surface area contributed by atoms with E-state index in [0.29, 0.717) is 24.2 Å². The van der Waals surface area contributed by atoms with Crippen molar-refractivity contribution in [2.45, 2.75) is 12.6 Å². The monoisotopic (exact) mass is 383 g/mol. The molecule has 1 aliphatic rings. The fourth-order valence-electron chi connectivity index (χ4n) is 1.96. The van der Waals surface area contributed by atoms with Gasteiger partial charge in [0.2, 0.25) is 0 Å². The summed E-state index contributed by atoms with van der Waals surface area (Å²) in [6.07, 6.45) is 0.0806. The van der Waals surface area contributed by atoms with E-state index in [-0.39, 0.29) is 18.2 Å². The second-order valence-electron chi connectivity index (χ2n) is 4.20. The van der Waals surface area contributed by atoms with Gasteiger partial charge in [-0.05, 0) is 28.1 Å². The van der Waals surface area contributed by atoms with Gasteiger partial charge in [-0.1, -0.05) is 15.9 Å². The number of hydrogen-bond acceptors (Lipinski definition) is 2. The molecule has 1 saturated heterocycles. The molecule has 0 bridgehead atoms. The van der Waals surface area contributed by atoms with Crippen LogP contribution in [0.4, 0.5) is 8.78 Å². The Morgan fingerprint density at radius 1 is 1.39 bits per heavy atom. The molecule has 18 heavy (non-hydrogen) atoms. The highest BCUT2D eigenvalue weighted by molar-refractivity contribution is 9.10. The third-order valence-corrected chi connectivity index (χ3v) is 4.25. The Morgan fingerprint density at radius 2 is 2.17 bits per heavy atom. The smallest absolute Gasteiger partial charge is 0.144 e. The van der Waals surface area contributed by atoms with Gasteiger partial charge in [0.15, 0.2) is 0 Å². The van der Waals surface area contributed by atoms with Crippen molar-refractivity contribution >= 4 is 31.9 Å². The van der Waals surface area contributed by atoms with E-state index < -0.39 is 11.6 Å². The summed E-state index contributed by atoms with van der Waals surface area (Å²) < 4.78 is 33.3. The maximum Gasteiger partial charge on any atom is 0.144 e. The van der Waals surface area contributed by atoms with E-state index in [1.165, 1.54) is 12.1 Å². The summed E-state index contributed by atoms with van der Waals surface area (Å²) in [5, 5.41) is 0.729. The molecule has 0 amide bonds. The van der Waals surface area contributed by atoms with Crippen molar-refractivity contribution < 1.29 is 13.5 Å². The number of halogens is 4. The normalized spacial score (nSPS) is 21.2. The standard InChI is InChI=1S/C12H13Br2F2NO/c13-5-8-6-17(3-4-18-8)7-9-11(15)2-1-10(14)12(9)16/h1-2,8H,3-7H2. The van der Waals surface area contributed by atoms with Crippen LogP contribution in [0, 0.1) is 11.6 Å². The molecule has 0 aromatic heterocycles. The molecule has 0 saturated carbocycles. The third-order valence-electron chi connectivity index (χ3n) is 2.92. The van der Waals surface area contributed by atoms with Crippen molar-refractivity contribution in [1.29, 1.82) is 0 Å². The Labute approximate surface area is 122 Å². The van der Waals surface area contributed by atoms with Gasteiger partial charge in [0.1, 0.15) is 11.6 Å². The first-order valence-corrected chi connectivity index (χ1v) is 7.55. The molecule has 1 fully saturated rings. The van der Waals surface area contributed by atoms with Crippen LogP contribution in [0.2, 0.25) is 0 Å². The highest BCUT2D eigenvalue weighted by Gasteiger charge is 2.22. The lowest BCUT2D eigenvalue weighted by Gasteiger charge is -2.32. The molecule has 0 radical (unpaired) electrons. The van der Waals surface area contributed by atoms with Gasteiger partial charge >= 0.3 is 0 Å². The van der Waals surface area contributed by atoms with E-state index in [0.717, 1.165) is 5.33 Å². The summed E-state index contributed by atoms with van der Waals surface area (Å²) in [4.78, 5) is 2.00. The van der Waals surface area contributed by atoms with Crippen LogP contribution in [0.1, 0.15) is 5.56 Å². The topological polar surface area (TPSA) is 12.5 Å². The van der Waals surface area contributed by atoms with Gasteiger partial charge in [-0.3, -0.25) is 4.90 Å². The lowest BCUT2D eigenvalue weighted by atomic mass is 10.1. The number of nitrogens with zero attached hydrogens (tertiary/aromatic N) is 1. The van der Waals surface area contributed by atoms with Crippen LogP contribution in [-0.2, 0) is 11.3 Å². The van der Waals surface area contributed by atoms with Crippen molar-refractivity contribution in [2.75, 3.05) is 25.0 Å². The fraction of sp³-hybridized carbons (Fsp3) is 0.500. The van der Waals surface area contributed by atoms with Gasteiger partial charge in [0.25, 0.3) is 0 Å². The molecule has 1 atom stereocenters. The average molecular weight is 385 g/mol. The Hall–Kier alpha value is -0.0400. The first kappa shape index (κ1) is 14.4. The first-order chi connectivity index (χ1) is 8.61. The Morgan fingerprint density at radius 3 is 2.89 bits per heavy atom. The van der Waals surface area contributed by atoms with Gasteiger partial charge in [0.05, 0.1) is 17.2 Å². The van der Waals surface area contributed by atoms with Crippen molar-refractivity contribution in [3.05, 3.63) is 33.8 Å². The minimum atomic E-state index is -0.517. The summed E-state index contributed by atoms with van der Waals surface area (Å²) in [6, 6.07) is 2.67. The molecule has 0 spiro atoms. The molecule has 100 valence electrons. The van der Waals surface area contributed by atoms with Crippen LogP contribution < -0.4 is 0 Å². The molecule has 0 aliphatic carbocycles. The zero-order valence-electron chi connectivity index (χ0n) is 9.63. The van der Waals surface area contributed by atoms with E-state index in [2.05, 4.69) is 31.9 Å². The van der Waals surface area contributed by atoms with E-state index in [1.54, 1.807) is 0 Å². The minimum absolute atomic E-state index is 0.0806. The number of hydrogen-bond donors (Lipinski definition) is 0. The maximum atomic E-state index is 13.8. The summed E-state index contributed by atoms with van der Waals surface area (Å²) in [6.45, 7) is 2.23. The fourth-order valence-corrected chi connectivity index (χ4v) is 2.72. The van der Waals surface area contributed by atoms with Gasteiger partial charge < -0.3 is 4.74 Å². The molecular weight excluding hydrogens is 372 g/mol. The van der Waals surface area contributed by atoms with Crippen molar-refractivity contribution in [3.63, 3.8) is 0 Å². The van der Waals surface area contributed by atoms with Crippen molar-refractivity contribution in [2.24, 2.45) is 0 Å². The van der Waals surface area contributed by atoms with Crippen molar-refractivity contribution in [3.8, 4) is 0 Å². The predicted octanol–water partition coefficient (Wildman–Crippen LogP) is 3.32. The molecular formula is C12H13Br2F2NO. The highest BCUT2D eigenvalue weighted by Crippen LogP contribution is 2.23. The summed E-state index contributed by atoms with van der Waals surface area (Å²) >= 11 is 6.44. The molecule has 1 aromatic carbocycles. The van der Waals surface area contributed by atoms with Crippen LogP contribution in [0.25, 0.3) is 0 Å². The summed E-state index contributed by atoms with van der Waals surface area (Å²) in [7, 11) is 0. The van der Waals surface area contributed by atoms with Gasteiger partial charge in [0, 0.05) is 30.5 Å². The van der Waals surface area contributed by atoms with Crippen LogP contribution in [0.15, 0.2) is 16.6 Å². The molecule has 1 aliphatic heterocycles. The zero-order valence-corrected chi connectivity index (χ0v) is 12.8. The summed E-state index contributed by atoms with van der Waals surface area (Å²) in [5.74, 6) is -1.02. The van der Waals surface area contributed by atoms with Crippen molar-refractivity contribution in [1.82, 2.24) is 4.90 Å². The second-order valence-corrected chi connectivity index (χ2v) is 5.71. The van der Waals surface area contributed by atoms with E-state index in [9.17, 15) is 8.78 Å². The van der Waals surface area contributed by atoms with Crippen LogP contribution in [0.5, 0.6) is 0 Å². The highest BCUT2D eigenvalue weighted by atomic mass is 79.9. The van der Waals surface area contributed by atoms with Gasteiger partial charge in [-0.15, -0.1) is 0 Å². The molecule has 6 heteroatoms. The summed E-state index contributed by atoms with van der Waals surface area (Å²) in [5.41, 5.74) is 0.111. The maximum absolute atomic E-state index is 13.8. The SMILES string of the molecule is Fc1ccc(Br)c(F)c1CN1CCOC(CBr)C1. The van der Waals surface area contributed by atoms with E-state index in [1.807, 2.05) is 4.90 Å². The Kier molecular flexibility index (Phi) is 5.12. The quantitative estimate of drug-likeness (QED) is 0.585. The molecule has 2 nitrogen and oxygen atoms in total. The van der Waals surface area contributed by atoms with E-state index >= 15 is 0 Å². The van der Waals surface area contributed by atoms with Crippen LogP contribution >= 0.6 is 31.9 Å². The predicted molar refractivity (Wildman–Crippen MR) is 72.9 cm³/mol. The largest absolute Gasteiger partial charge is 0.375 e. The first-order valence-electron chi connectivity index (χ1n) is 5.64. The second kappa shape index (κ2) is 6.41. The average Bonchev–Trinajstić information content (AvgIpc) is 2.39. The number of benzene rings is 1. The molecule has 1 aromatic rings. The molecule has 0 N–H and O–H groups in total.